The van der Waals surface area contributed by atoms with Crippen molar-refractivity contribution in [1.82, 2.24) is 4.90 Å². The Kier molecular flexibility index (Phi) is 6.84. The van der Waals surface area contributed by atoms with Gasteiger partial charge in [-0.05, 0) is 42.5 Å². The second kappa shape index (κ2) is 9.53. The molecule has 2 aromatic rings. The van der Waals surface area contributed by atoms with Gasteiger partial charge in [-0.1, -0.05) is 0 Å². The van der Waals surface area contributed by atoms with Gasteiger partial charge < -0.3 is 24.6 Å². The maximum absolute atomic E-state index is 10.8. The molecule has 154 valence electrons. The zero-order chi connectivity index (χ0) is 20.8. The zero-order valence-electron chi connectivity index (χ0n) is 16.5. The summed E-state index contributed by atoms with van der Waals surface area (Å²) in [6, 6.07) is 12.1. The van der Waals surface area contributed by atoms with Gasteiger partial charge in [0, 0.05) is 17.8 Å². The Hall–Kier alpha value is -2.91. The first-order chi connectivity index (χ1) is 14.0. The van der Waals surface area contributed by atoms with Crippen LogP contribution in [0.1, 0.15) is 5.56 Å². The van der Waals surface area contributed by atoms with Crippen molar-refractivity contribution in [3.63, 3.8) is 0 Å². The Morgan fingerprint density at radius 2 is 1.86 bits per heavy atom. The summed E-state index contributed by atoms with van der Waals surface area (Å²) in [6.45, 7) is 4.42. The molecule has 1 fully saturated rings. The van der Waals surface area contributed by atoms with Crippen LogP contribution in [0.5, 0.6) is 11.5 Å². The highest BCUT2D eigenvalue weighted by Gasteiger charge is 2.23. The van der Waals surface area contributed by atoms with E-state index in [1.54, 1.807) is 26.4 Å². The Morgan fingerprint density at radius 3 is 2.45 bits per heavy atom. The number of anilines is 1. The molecule has 2 aromatic carbocycles. The van der Waals surface area contributed by atoms with Crippen molar-refractivity contribution >= 4 is 28.7 Å². The summed E-state index contributed by atoms with van der Waals surface area (Å²) in [5, 5.41) is 14.6. The van der Waals surface area contributed by atoms with E-state index in [4.69, 9.17) is 21.7 Å². The predicted octanol–water partition coefficient (Wildman–Crippen LogP) is 1.71. The zero-order valence-corrected chi connectivity index (χ0v) is 17.3. The summed E-state index contributed by atoms with van der Waals surface area (Å²) >= 11 is 5.52. The number of methoxy groups -OCH3 is 2. The summed E-state index contributed by atoms with van der Waals surface area (Å²) in [5.41, 5.74) is 1.94. The lowest BCUT2D eigenvalue weighted by atomic mass is 10.1. The number of nitrogens with one attached hydrogen (secondary N) is 2. The van der Waals surface area contributed by atoms with E-state index >= 15 is 0 Å². The number of thiocarbonyl (C=S) groups is 1. The predicted molar refractivity (Wildman–Crippen MR) is 115 cm³/mol. The highest BCUT2D eigenvalue weighted by Crippen LogP contribution is 2.23. The van der Waals surface area contributed by atoms with Gasteiger partial charge in [-0.25, -0.2) is 0 Å². The molecule has 0 spiro atoms. The van der Waals surface area contributed by atoms with Crippen molar-refractivity contribution in [3.8, 4) is 11.5 Å². The molecule has 0 aromatic heterocycles. The molecule has 1 aliphatic rings. The summed E-state index contributed by atoms with van der Waals surface area (Å²) in [6.07, 6.45) is 0. The van der Waals surface area contributed by atoms with Crippen LogP contribution in [-0.4, -0.2) is 55.3 Å². The van der Waals surface area contributed by atoms with Crippen LogP contribution >= 0.6 is 12.2 Å². The lowest BCUT2D eigenvalue weighted by molar-refractivity contribution is -0.917. The summed E-state index contributed by atoms with van der Waals surface area (Å²) in [5.74, 6) is 1.70. The van der Waals surface area contributed by atoms with Gasteiger partial charge in [0.25, 0.3) is 5.69 Å². The van der Waals surface area contributed by atoms with E-state index in [1.807, 2.05) is 18.2 Å². The van der Waals surface area contributed by atoms with Gasteiger partial charge in [0.2, 0.25) is 0 Å². The first kappa shape index (κ1) is 20.8. The molecule has 8 nitrogen and oxygen atoms in total. The number of hydrogen-bond acceptors (Lipinski definition) is 5. The number of benzene rings is 2. The molecule has 9 heteroatoms. The van der Waals surface area contributed by atoms with E-state index in [0.29, 0.717) is 5.11 Å². The number of quaternary nitrogens is 1. The molecular weight excluding hydrogens is 392 g/mol. The standard InChI is InChI=1S/C20H24N4O4S/c1-27-18-7-8-19(28-2)15(13-18)14-22-9-11-23(12-10-22)20(29)21-16-3-5-17(6-4-16)24(25)26/h3-8,13H,9-12,14H2,1-2H3,(H,21,29)/p+1. The highest BCUT2D eigenvalue weighted by atomic mass is 32.1. The Morgan fingerprint density at radius 1 is 1.17 bits per heavy atom. The molecule has 1 aliphatic heterocycles. The van der Waals surface area contributed by atoms with Crippen LogP contribution < -0.4 is 19.7 Å². The molecule has 0 unspecified atom stereocenters. The minimum atomic E-state index is -0.415. The second-order valence-corrected chi connectivity index (χ2v) is 7.21. The Labute approximate surface area is 175 Å². The van der Waals surface area contributed by atoms with Crippen molar-refractivity contribution in [2.24, 2.45) is 0 Å². The van der Waals surface area contributed by atoms with Gasteiger partial charge in [0.1, 0.15) is 18.0 Å². The van der Waals surface area contributed by atoms with E-state index in [0.717, 1.165) is 55.5 Å². The van der Waals surface area contributed by atoms with Gasteiger partial charge in [-0.3, -0.25) is 10.1 Å². The van der Waals surface area contributed by atoms with Crippen LogP contribution in [0, 0.1) is 10.1 Å². The number of ether oxygens (including phenoxy) is 2. The summed E-state index contributed by atoms with van der Waals surface area (Å²) in [7, 11) is 3.34. The molecule has 0 saturated carbocycles. The maximum atomic E-state index is 10.8. The average molecular weight is 418 g/mol. The topological polar surface area (TPSA) is 81.3 Å². The van der Waals surface area contributed by atoms with Crippen molar-refractivity contribution in [2.75, 3.05) is 45.7 Å². The second-order valence-electron chi connectivity index (χ2n) is 6.83. The largest absolute Gasteiger partial charge is 0.497 e. The number of nitro benzene ring substituents is 1. The number of rotatable bonds is 6. The van der Waals surface area contributed by atoms with Crippen LogP contribution in [0.25, 0.3) is 0 Å². The quantitative estimate of drug-likeness (QED) is 0.421. The molecule has 3 rings (SSSR count). The number of piperazine rings is 1. The van der Waals surface area contributed by atoms with Crippen LogP contribution in [0.15, 0.2) is 42.5 Å². The van der Waals surface area contributed by atoms with E-state index in [2.05, 4.69) is 10.2 Å². The molecule has 1 heterocycles. The Bertz CT molecular complexity index is 867. The van der Waals surface area contributed by atoms with E-state index in [9.17, 15) is 10.1 Å². The molecular formula is C20H25N4O4S+. The number of nitrogens with zero attached hydrogens (tertiary/aromatic N) is 2. The van der Waals surface area contributed by atoms with Crippen molar-refractivity contribution in [2.45, 2.75) is 6.54 Å². The first-order valence-electron chi connectivity index (χ1n) is 9.35. The third-order valence-corrected chi connectivity index (χ3v) is 5.38. The molecule has 0 aliphatic carbocycles. The fraction of sp³-hybridized carbons (Fsp3) is 0.350. The molecule has 29 heavy (non-hydrogen) atoms. The van der Waals surface area contributed by atoms with Gasteiger partial charge in [-0.2, -0.15) is 0 Å². The van der Waals surface area contributed by atoms with Crippen LogP contribution in [0.3, 0.4) is 0 Å². The molecule has 0 bridgehead atoms. The minimum Gasteiger partial charge on any atom is -0.497 e. The van der Waals surface area contributed by atoms with Gasteiger partial charge in [0.15, 0.2) is 5.11 Å². The lowest BCUT2D eigenvalue weighted by Crippen LogP contribution is -3.13. The van der Waals surface area contributed by atoms with Gasteiger partial charge in [-0.15, -0.1) is 0 Å². The van der Waals surface area contributed by atoms with Crippen molar-refractivity contribution in [3.05, 3.63) is 58.1 Å². The van der Waals surface area contributed by atoms with Gasteiger partial charge in [0.05, 0.1) is 50.9 Å². The van der Waals surface area contributed by atoms with Crippen LogP contribution in [0.4, 0.5) is 11.4 Å². The lowest BCUT2D eigenvalue weighted by Gasteiger charge is -2.34. The monoisotopic (exact) mass is 417 g/mol. The Balaban J connectivity index is 1.53. The third-order valence-electron chi connectivity index (χ3n) is 5.02. The fourth-order valence-electron chi connectivity index (χ4n) is 3.36. The third kappa shape index (κ3) is 5.33. The smallest absolute Gasteiger partial charge is 0.269 e. The maximum Gasteiger partial charge on any atom is 0.269 e. The van der Waals surface area contributed by atoms with E-state index < -0.39 is 4.92 Å². The average Bonchev–Trinajstić information content (AvgIpc) is 2.74. The summed E-state index contributed by atoms with van der Waals surface area (Å²) in [4.78, 5) is 13.9. The molecule has 0 atom stereocenters. The molecule has 0 amide bonds. The minimum absolute atomic E-state index is 0.0617. The normalized spacial score (nSPS) is 14.3. The molecule has 0 radical (unpaired) electrons. The van der Waals surface area contributed by atoms with E-state index in [-0.39, 0.29) is 5.69 Å². The van der Waals surface area contributed by atoms with Crippen LogP contribution in [-0.2, 0) is 6.54 Å². The van der Waals surface area contributed by atoms with Crippen molar-refractivity contribution in [1.29, 1.82) is 0 Å². The molecule has 1 saturated heterocycles. The fourth-order valence-corrected chi connectivity index (χ4v) is 3.66. The van der Waals surface area contributed by atoms with E-state index in [1.165, 1.54) is 17.0 Å². The van der Waals surface area contributed by atoms with Crippen molar-refractivity contribution < 1.29 is 19.3 Å². The van der Waals surface area contributed by atoms with Crippen LogP contribution in [0.2, 0.25) is 0 Å². The summed E-state index contributed by atoms with van der Waals surface area (Å²) < 4.78 is 10.8. The number of non-ortho nitro benzene ring substituents is 1. The molecule has 2 N–H and O–H groups in total. The highest BCUT2D eigenvalue weighted by molar-refractivity contribution is 7.80. The SMILES string of the molecule is COc1ccc(OC)c(C[NH+]2CCN(C(=S)Nc3ccc([N+](=O)[O-])cc3)CC2)c1. The first-order valence-corrected chi connectivity index (χ1v) is 9.76. The number of nitro groups is 1. The van der Waals surface area contributed by atoms with Gasteiger partial charge >= 0.3 is 0 Å². The number of hydrogen-bond donors (Lipinski definition) is 2.